The standard InChI is InChI=1S/C22H24N4O2/c1-15-5-10-21(28-4)19(13-15)25-22(27)20-14-17(11-12-23-20)24-16-6-8-18(9-7-16)26(2)3/h5-14H,1-4H3,(H,23,24)(H,25,27). The van der Waals surface area contributed by atoms with Crippen LogP contribution in [0.15, 0.2) is 60.8 Å². The topological polar surface area (TPSA) is 66.5 Å². The van der Waals surface area contributed by atoms with Crippen molar-refractivity contribution in [3.05, 3.63) is 72.1 Å². The van der Waals surface area contributed by atoms with Crippen LogP contribution in [0.5, 0.6) is 5.75 Å². The summed E-state index contributed by atoms with van der Waals surface area (Å²) in [6.07, 6.45) is 1.61. The highest BCUT2D eigenvalue weighted by atomic mass is 16.5. The fourth-order valence-electron chi connectivity index (χ4n) is 2.75. The number of methoxy groups -OCH3 is 1. The fraction of sp³-hybridized carbons (Fsp3) is 0.182. The van der Waals surface area contributed by atoms with Gasteiger partial charge in [-0.2, -0.15) is 0 Å². The molecule has 1 amide bonds. The number of benzene rings is 2. The van der Waals surface area contributed by atoms with Gasteiger partial charge in [-0.3, -0.25) is 9.78 Å². The van der Waals surface area contributed by atoms with Crippen LogP contribution in [0, 0.1) is 6.92 Å². The van der Waals surface area contributed by atoms with Gasteiger partial charge in [0, 0.05) is 37.4 Å². The van der Waals surface area contributed by atoms with Gasteiger partial charge in [0.1, 0.15) is 11.4 Å². The molecular weight excluding hydrogens is 352 g/mol. The summed E-state index contributed by atoms with van der Waals surface area (Å²) in [4.78, 5) is 18.9. The number of nitrogens with zero attached hydrogens (tertiary/aromatic N) is 2. The number of ether oxygens (including phenoxy) is 1. The highest BCUT2D eigenvalue weighted by molar-refractivity contribution is 6.04. The zero-order valence-electron chi connectivity index (χ0n) is 16.5. The zero-order valence-corrected chi connectivity index (χ0v) is 16.5. The second kappa shape index (κ2) is 8.43. The molecule has 0 aliphatic heterocycles. The number of nitrogens with one attached hydrogen (secondary N) is 2. The SMILES string of the molecule is COc1ccc(C)cc1NC(=O)c1cc(Nc2ccc(N(C)C)cc2)ccn1. The minimum atomic E-state index is -0.296. The lowest BCUT2D eigenvalue weighted by atomic mass is 10.2. The van der Waals surface area contributed by atoms with Crippen LogP contribution in [0.3, 0.4) is 0 Å². The van der Waals surface area contributed by atoms with E-state index in [1.807, 2.05) is 74.4 Å². The van der Waals surface area contributed by atoms with Gasteiger partial charge >= 0.3 is 0 Å². The van der Waals surface area contributed by atoms with E-state index >= 15 is 0 Å². The van der Waals surface area contributed by atoms with Crippen LogP contribution < -0.4 is 20.3 Å². The molecule has 0 aliphatic carbocycles. The third kappa shape index (κ3) is 4.59. The molecule has 3 aromatic rings. The Morgan fingerprint density at radius 1 is 1.00 bits per heavy atom. The molecule has 0 spiro atoms. The number of aryl methyl sites for hydroxylation is 1. The Morgan fingerprint density at radius 3 is 2.43 bits per heavy atom. The quantitative estimate of drug-likeness (QED) is 0.665. The average Bonchev–Trinajstić information content (AvgIpc) is 2.69. The summed E-state index contributed by atoms with van der Waals surface area (Å²) in [6.45, 7) is 1.96. The second-order valence-corrected chi connectivity index (χ2v) is 6.65. The van der Waals surface area contributed by atoms with Crippen molar-refractivity contribution in [3.63, 3.8) is 0 Å². The van der Waals surface area contributed by atoms with Gasteiger partial charge in [0.2, 0.25) is 0 Å². The molecule has 2 aromatic carbocycles. The van der Waals surface area contributed by atoms with Gasteiger partial charge in [0.15, 0.2) is 0 Å². The molecule has 144 valence electrons. The van der Waals surface area contributed by atoms with Crippen molar-refractivity contribution in [2.24, 2.45) is 0 Å². The van der Waals surface area contributed by atoms with Gasteiger partial charge < -0.3 is 20.3 Å². The van der Waals surface area contributed by atoms with E-state index in [9.17, 15) is 4.79 Å². The van der Waals surface area contributed by atoms with Crippen LogP contribution in [0.1, 0.15) is 16.1 Å². The van der Waals surface area contributed by atoms with Crippen LogP contribution in [-0.4, -0.2) is 32.1 Å². The Labute approximate surface area is 165 Å². The molecule has 0 atom stereocenters. The molecule has 28 heavy (non-hydrogen) atoms. The normalized spacial score (nSPS) is 10.3. The summed E-state index contributed by atoms with van der Waals surface area (Å²) in [5.41, 5.74) is 4.80. The first-order chi connectivity index (χ1) is 13.5. The summed E-state index contributed by atoms with van der Waals surface area (Å²) in [5.74, 6) is 0.310. The van der Waals surface area contributed by atoms with Crippen molar-refractivity contribution in [1.82, 2.24) is 4.98 Å². The van der Waals surface area contributed by atoms with E-state index in [-0.39, 0.29) is 5.91 Å². The molecule has 0 fully saturated rings. The fourth-order valence-corrected chi connectivity index (χ4v) is 2.75. The van der Waals surface area contributed by atoms with Crippen molar-refractivity contribution in [1.29, 1.82) is 0 Å². The van der Waals surface area contributed by atoms with E-state index in [2.05, 4.69) is 15.6 Å². The highest BCUT2D eigenvalue weighted by Gasteiger charge is 2.12. The predicted molar refractivity (Wildman–Crippen MR) is 114 cm³/mol. The molecular formula is C22H24N4O2. The van der Waals surface area contributed by atoms with Gasteiger partial charge in [-0.1, -0.05) is 6.07 Å². The molecule has 1 aromatic heterocycles. The van der Waals surface area contributed by atoms with Crippen molar-refractivity contribution in [2.75, 3.05) is 36.7 Å². The van der Waals surface area contributed by atoms with Crippen LogP contribution in [0.25, 0.3) is 0 Å². The van der Waals surface area contributed by atoms with Crippen molar-refractivity contribution < 1.29 is 9.53 Å². The number of rotatable bonds is 6. The Balaban J connectivity index is 1.75. The first-order valence-electron chi connectivity index (χ1n) is 8.93. The Hall–Kier alpha value is -3.54. The lowest BCUT2D eigenvalue weighted by molar-refractivity contribution is 0.102. The Kier molecular flexibility index (Phi) is 5.79. The number of aromatic nitrogens is 1. The lowest BCUT2D eigenvalue weighted by Gasteiger charge is -2.14. The minimum absolute atomic E-state index is 0.296. The summed E-state index contributed by atoms with van der Waals surface area (Å²) in [7, 11) is 5.57. The second-order valence-electron chi connectivity index (χ2n) is 6.65. The third-order valence-electron chi connectivity index (χ3n) is 4.27. The van der Waals surface area contributed by atoms with Crippen LogP contribution in [0.2, 0.25) is 0 Å². The van der Waals surface area contributed by atoms with Crippen molar-refractivity contribution in [2.45, 2.75) is 6.92 Å². The minimum Gasteiger partial charge on any atom is -0.495 e. The average molecular weight is 376 g/mol. The van der Waals surface area contributed by atoms with E-state index in [1.54, 1.807) is 19.4 Å². The van der Waals surface area contributed by atoms with E-state index < -0.39 is 0 Å². The lowest BCUT2D eigenvalue weighted by Crippen LogP contribution is -2.14. The summed E-state index contributed by atoms with van der Waals surface area (Å²) in [6, 6.07) is 17.2. The molecule has 2 N–H and O–H groups in total. The Bertz CT molecular complexity index is 969. The molecule has 0 unspecified atom stereocenters. The van der Waals surface area contributed by atoms with Gasteiger partial charge in [-0.05, 0) is 61.0 Å². The maximum absolute atomic E-state index is 12.7. The summed E-state index contributed by atoms with van der Waals surface area (Å²) >= 11 is 0. The monoisotopic (exact) mass is 376 g/mol. The van der Waals surface area contributed by atoms with Gasteiger partial charge in [0.05, 0.1) is 12.8 Å². The number of pyridine rings is 1. The maximum atomic E-state index is 12.7. The molecule has 6 nitrogen and oxygen atoms in total. The van der Waals surface area contributed by atoms with Gasteiger partial charge in [-0.25, -0.2) is 0 Å². The van der Waals surface area contributed by atoms with E-state index in [1.165, 1.54) is 0 Å². The molecule has 0 saturated heterocycles. The van der Waals surface area contributed by atoms with Gasteiger partial charge in [-0.15, -0.1) is 0 Å². The number of carbonyl (C=O) groups excluding carboxylic acids is 1. The predicted octanol–water partition coefficient (Wildman–Crippen LogP) is 4.46. The molecule has 0 radical (unpaired) electrons. The smallest absolute Gasteiger partial charge is 0.274 e. The molecule has 6 heteroatoms. The van der Waals surface area contributed by atoms with E-state index in [0.29, 0.717) is 17.1 Å². The third-order valence-corrected chi connectivity index (χ3v) is 4.27. The van der Waals surface area contributed by atoms with Crippen LogP contribution in [0.4, 0.5) is 22.7 Å². The summed E-state index contributed by atoms with van der Waals surface area (Å²) in [5, 5.41) is 6.17. The molecule has 3 rings (SSSR count). The maximum Gasteiger partial charge on any atom is 0.274 e. The largest absolute Gasteiger partial charge is 0.495 e. The van der Waals surface area contributed by atoms with Crippen molar-refractivity contribution in [3.8, 4) is 5.75 Å². The van der Waals surface area contributed by atoms with Gasteiger partial charge in [0.25, 0.3) is 5.91 Å². The first kappa shape index (κ1) is 19.2. The number of carbonyl (C=O) groups is 1. The number of amides is 1. The van der Waals surface area contributed by atoms with E-state index in [0.717, 1.165) is 22.6 Å². The number of anilines is 4. The molecule has 0 aliphatic rings. The summed E-state index contributed by atoms with van der Waals surface area (Å²) < 4.78 is 5.32. The Morgan fingerprint density at radius 2 is 1.75 bits per heavy atom. The van der Waals surface area contributed by atoms with Crippen molar-refractivity contribution >= 4 is 28.7 Å². The molecule has 0 saturated carbocycles. The van der Waals surface area contributed by atoms with E-state index in [4.69, 9.17) is 4.74 Å². The number of hydrogen-bond acceptors (Lipinski definition) is 5. The highest BCUT2D eigenvalue weighted by Crippen LogP contribution is 2.26. The number of hydrogen-bond donors (Lipinski definition) is 2. The molecule has 1 heterocycles. The van der Waals surface area contributed by atoms with Crippen LogP contribution >= 0.6 is 0 Å². The van der Waals surface area contributed by atoms with Crippen LogP contribution in [-0.2, 0) is 0 Å². The molecule has 0 bridgehead atoms. The zero-order chi connectivity index (χ0) is 20.1. The first-order valence-corrected chi connectivity index (χ1v) is 8.93.